The van der Waals surface area contributed by atoms with E-state index in [1.807, 2.05) is 39.2 Å². The number of hydrogen-bond donors (Lipinski definition) is 2. The Balaban J connectivity index is 2.45. The molecule has 3 atom stereocenters. The second-order valence-corrected chi connectivity index (χ2v) is 5.60. The highest BCUT2D eigenvalue weighted by molar-refractivity contribution is 5.82. The molecule has 0 saturated carbocycles. The van der Waals surface area contributed by atoms with Crippen LogP contribution < -0.4 is 5.32 Å². The summed E-state index contributed by atoms with van der Waals surface area (Å²) in [6.45, 7) is 4.93. The summed E-state index contributed by atoms with van der Waals surface area (Å²) in [4.78, 5) is 13.4. The van der Waals surface area contributed by atoms with Gasteiger partial charge < -0.3 is 10.4 Å². The van der Waals surface area contributed by atoms with Crippen LogP contribution in [0.4, 0.5) is 0 Å². The molecule has 2 N–H and O–H groups in total. The maximum atomic E-state index is 11.6. The van der Waals surface area contributed by atoms with Crippen molar-refractivity contribution in [1.29, 1.82) is 0 Å². The molecule has 0 radical (unpaired) electrons. The number of likely N-dealkylation sites (N-methyl/N-ethyl adjacent to an activating group) is 1. The highest BCUT2D eigenvalue weighted by Gasteiger charge is 2.29. The van der Waals surface area contributed by atoms with Crippen molar-refractivity contribution in [3.05, 3.63) is 35.9 Å². The van der Waals surface area contributed by atoms with Crippen LogP contribution in [0.1, 0.15) is 19.4 Å². The second-order valence-electron chi connectivity index (χ2n) is 5.60. The van der Waals surface area contributed by atoms with Crippen molar-refractivity contribution in [2.24, 2.45) is 5.92 Å². The first kappa shape index (κ1) is 16.8. The van der Waals surface area contributed by atoms with Crippen LogP contribution in [-0.2, 0) is 11.3 Å². The zero-order chi connectivity index (χ0) is 15.1. The lowest BCUT2D eigenvalue weighted by atomic mass is 9.94. The summed E-state index contributed by atoms with van der Waals surface area (Å²) in [6, 6.07) is 9.69. The van der Waals surface area contributed by atoms with Gasteiger partial charge in [0.15, 0.2) is 0 Å². The highest BCUT2D eigenvalue weighted by Crippen LogP contribution is 2.12. The number of aliphatic hydroxyl groups is 1. The van der Waals surface area contributed by atoms with Crippen molar-refractivity contribution >= 4 is 5.78 Å². The fourth-order valence-electron chi connectivity index (χ4n) is 2.38. The minimum atomic E-state index is -0.661. The number of benzene rings is 1. The normalized spacial score (nSPS) is 15.9. The van der Waals surface area contributed by atoms with E-state index in [1.54, 1.807) is 4.90 Å². The van der Waals surface area contributed by atoms with Crippen molar-refractivity contribution in [3.63, 3.8) is 0 Å². The third kappa shape index (κ3) is 5.04. The zero-order valence-corrected chi connectivity index (χ0v) is 12.8. The van der Waals surface area contributed by atoms with Crippen molar-refractivity contribution in [3.8, 4) is 0 Å². The second kappa shape index (κ2) is 8.15. The third-order valence-corrected chi connectivity index (χ3v) is 3.52. The predicted molar refractivity (Wildman–Crippen MR) is 81.5 cm³/mol. The van der Waals surface area contributed by atoms with Gasteiger partial charge in [-0.2, -0.15) is 0 Å². The number of Topliss-reactive ketones (excluding diaryl/α,β-unsaturated/α-hetero) is 1. The summed E-state index contributed by atoms with van der Waals surface area (Å²) in [7, 11) is 3.64. The van der Waals surface area contributed by atoms with Gasteiger partial charge >= 0.3 is 0 Å². The first-order valence-electron chi connectivity index (χ1n) is 7.03. The van der Waals surface area contributed by atoms with Gasteiger partial charge in [0, 0.05) is 13.1 Å². The molecule has 0 unspecified atom stereocenters. The van der Waals surface area contributed by atoms with Crippen LogP contribution in [0, 0.1) is 5.92 Å². The number of nitrogens with zero attached hydrogens (tertiary/aromatic N) is 1. The van der Waals surface area contributed by atoms with Crippen molar-refractivity contribution < 1.29 is 9.90 Å². The standard InChI is InChI=1S/C16H26N2O2/c1-12(16(20)15(13(2)19)18(3)4)10-17-11-14-8-6-5-7-9-14/h5-9,12,15-17,20H,10-11H2,1-4H3/t12-,15-,16-/m1/s1. The minimum absolute atomic E-state index is 0.00240. The maximum Gasteiger partial charge on any atom is 0.149 e. The fraction of sp³-hybridized carbons (Fsp3) is 0.562. The Kier molecular flexibility index (Phi) is 6.85. The smallest absolute Gasteiger partial charge is 0.149 e. The SMILES string of the molecule is CC(=O)[C@H]([C@H](O)[C@H](C)CNCc1ccccc1)N(C)C. The van der Waals surface area contributed by atoms with Crippen molar-refractivity contribution in [2.75, 3.05) is 20.6 Å². The largest absolute Gasteiger partial charge is 0.391 e. The Bertz CT molecular complexity index is 406. The van der Waals surface area contributed by atoms with E-state index in [0.29, 0.717) is 6.54 Å². The van der Waals surface area contributed by atoms with E-state index in [2.05, 4.69) is 17.4 Å². The lowest BCUT2D eigenvalue weighted by Crippen LogP contribution is -2.48. The summed E-state index contributed by atoms with van der Waals surface area (Å²) in [5.41, 5.74) is 1.21. The molecule has 0 bridgehead atoms. The van der Waals surface area contributed by atoms with E-state index in [9.17, 15) is 9.90 Å². The molecule has 1 aromatic carbocycles. The summed E-state index contributed by atoms with van der Waals surface area (Å²) in [5, 5.41) is 13.6. The van der Waals surface area contributed by atoms with Gasteiger partial charge in [0.2, 0.25) is 0 Å². The summed E-state index contributed by atoms with van der Waals surface area (Å²) in [5.74, 6) is 0.00687. The number of nitrogens with one attached hydrogen (secondary N) is 1. The van der Waals surface area contributed by atoms with Crippen LogP contribution in [0.5, 0.6) is 0 Å². The van der Waals surface area contributed by atoms with Crippen LogP contribution in [-0.4, -0.2) is 48.6 Å². The van der Waals surface area contributed by atoms with Crippen LogP contribution in [0.3, 0.4) is 0 Å². The number of hydrogen-bond acceptors (Lipinski definition) is 4. The topological polar surface area (TPSA) is 52.6 Å². The molecule has 112 valence electrons. The van der Waals surface area contributed by atoms with E-state index >= 15 is 0 Å². The Morgan fingerprint density at radius 3 is 2.40 bits per heavy atom. The molecule has 0 aliphatic heterocycles. The summed E-state index contributed by atoms with van der Waals surface area (Å²) < 4.78 is 0. The predicted octanol–water partition coefficient (Wildman–Crippen LogP) is 1.29. The highest BCUT2D eigenvalue weighted by atomic mass is 16.3. The van der Waals surface area contributed by atoms with Gasteiger partial charge in [0.25, 0.3) is 0 Å². The Hall–Kier alpha value is -1.23. The average molecular weight is 278 g/mol. The van der Waals surface area contributed by atoms with Crippen LogP contribution in [0.2, 0.25) is 0 Å². The number of ketones is 1. The number of aliphatic hydroxyl groups excluding tert-OH is 1. The molecular formula is C16H26N2O2. The number of rotatable bonds is 8. The van der Waals surface area contributed by atoms with E-state index in [-0.39, 0.29) is 11.7 Å². The molecule has 0 saturated heterocycles. The Morgan fingerprint density at radius 1 is 1.30 bits per heavy atom. The maximum absolute atomic E-state index is 11.6. The van der Waals surface area contributed by atoms with Crippen molar-refractivity contribution in [1.82, 2.24) is 10.2 Å². The van der Waals surface area contributed by atoms with E-state index < -0.39 is 12.1 Å². The van der Waals surface area contributed by atoms with Gasteiger partial charge in [0.05, 0.1) is 12.1 Å². The van der Waals surface area contributed by atoms with Crippen LogP contribution >= 0.6 is 0 Å². The molecule has 0 aromatic heterocycles. The summed E-state index contributed by atoms with van der Waals surface area (Å²) in [6.07, 6.45) is -0.661. The van der Waals surface area contributed by atoms with Crippen LogP contribution in [0.25, 0.3) is 0 Å². The molecule has 0 aliphatic rings. The van der Waals surface area contributed by atoms with Crippen LogP contribution in [0.15, 0.2) is 30.3 Å². The average Bonchev–Trinajstić information content (AvgIpc) is 2.38. The number of carbonyl (C=O) groups excluding carboxylic acids is 1. The number of carbonyl (C=O) groups is 1. The first-order valence-corrected chi connectivity index (χ1v) is 7.03. The lowest BCUT2D eigenvalue weighted by molar-refractivity contribution is -0.126. The molecule has 1 aromatic rings. The van der Waals surface area contributed by atoms with Gasteiger partial charge in [-0.3, -0.25) is 9.69 Å². The molecule has 0 spiro atoms. The zero-order valence-electron chi connectivity index (χ0n) is 12.8. The van der Waals surface area contributed by atoms with E-state index in [0.717, 1.165) is 6.54 Å². The fourth-order valence-corrected chi connectivity index (χ4v) is 2.38. The molecule has 4 nitrogen and oxygen atoms in total. The van der Waals surface area contributed by atoms with Crippen molar-refractivity contribution in [2.45, 2.75) is 32.5 Å². The molecule has 0 fully saturated rings. The molecule has 0 amide bonds. The first-order chi connectivity index (χ1) is 9.43. The third-order valence-electron chi connectivity index (χ3n) is 3.52. The van der Waals surface area contributed by atoms with Gasteiger partial charge in [-0.25, -0.2) is 0 Å². The van der Waals surface area contributed by atoms with E-state index in [1.165, 1.54) is 12.5 Å². The van der Waals surface area contributed by atoms with Gasteiger partial charge in [-0.1, -0.05) is 37.3 Å². The summed E-state index contributed by atoms with van der Waals surface area (Å²) >= 11 is 0. The molecule has 0 heterocycles. The van der Waals surface area contributed by atoms with Gasteiger partial charge in [0.1, 0.15) is 5.78 Å². The Morgan fingerprint density at radius 2 is 1.90 bits per heavy atom. The molecule has 4 heteroatoms. The molecule has 1 rings (SSSR count). The van der Waals surface area contributed by atoms with Gasteiger partial charge in [-0.05, 0) is 32.5 Å². The monoisotopic (exact) mass is 278 g/mol. The Labute approximate surface area is 121 Å². The molecule has 0 aliphatic carbocycles. The molecule has 20 heavy (non-hydrogen) atoms. The molecular weight excluding hydrogens is 252 g/mol. The van der Waals surface area contributed by atoms with E-state index in [4.69, 9.17) is 0 Å². The quantitative estimate of drug-likeness (QED) is 0.752. The van der Waals surface area contributed by atoms with Gasteiger partial charge in [-0.15, -0.1) is 0 Å². The lowest BCUT2D eigenvalue weighted by Gasteiger charge is -2.30. The minimum Gasteiger partial charge on any atom is -0.391 e.